The molecule has 0 saturated carbocycles. The van der Waals surface area contributed by atoms with Crippen LogP contribution in [0, 0.1) is 0 Å². The van der Waals surface area contributed by atoms with E-state index in [1.807, 2.05) is 12.1 Å². The molecule has 0 aliphatic rings. The Balaban J connectivity index is 0.00000128. The van der Waals surface area contributed by atoms with E-state index >= 15 is 0 Å². The molecule has 0 aliphatic heterocycles. The van der Waals surface area contributed by atoms with Gasteiger partial charge in [-0.05, 0) is 18.7 Å². The predicted molar refractivity (Wildman–Crippen MR) is 75.1 cm³/mol. The second kappa shape index (κ2) is 6.57. The largest absolute Gasteiger partial charge is 0.311 e. The molecule has 16 heavy (non-hydrogen) atoms. The molecule has 0 unspecified atom stereocenters. The number of hydrogen-bond donors (Lipinski definition) is 1. The fourth-order valence-corrected chi connectivity index (χ4v) is 3.03. The zero-order valence-electron chi connectivity index (χ0n) is 8.70. The molecule has 0 saturated heterocycles. The predicted octanol–water partition coefficient (Wildman–Crippen LogP) is 4.06. The van der Waals surface area contributed by atoms with Crippen LogP contribution in [0.4, 0.5) is 0 Å². The third kappa shape index (κ3) is 3.43. The maximum absolute atomic E-state index is 5.88. The summed E-state index contributed by atoms with van der Waals surface area (Å²) >= 11 is 9.13. The molecule has 2 heterocycles. The van der Waals surface area contributed by atoms with Gasteiger partial charge in [0.05, 0.1) is 14.9 Å². The maximum atomic E-state index is 5.88. The Labute approximate surface area is 114 Å². The van der Waals surface area contributed by atoms with Crippen molar-refractivity contribution in [2.45, 2.75) is 13.5 Å². The highest BCUT2D eigenvalue weighted by Crippen LogP contribution is 2.31. The molecule has 0 atom stereocenters. The van der Waals surface area contributed by atoms with E-state index < -0.39 is 0 Å². The fraction of sp³-hybridized carbons (Fsp3) is 0.300. The van der Waals surface area contributed by atoms with Crippen LogP contribution in [-0.4, -0.2) is 11.5 Å². The number of hydrogen-bond acceptors (Lipinski definition) is 4. The fourth-order valence-electron chi connectivity index (χ4n) is 1.19. The van der Waals surface area contributed by atoms with Crippen molar-refractivity contribution in [1.82, 2.24) is 10.3 Å². The number of nitrogens with zero attached hydrogens (tertiary/aromatic N) is 1. The Morgan fingerprint density at radius 3 is 2.88 bits per heavy atom. The molecule has 2 aromatic heterocycles. The van der Waals surface area contributed by atoms with Crippen molar-refractivity contribution in [3.05, 3.63) is 26.9 Å². The summed E-state index contributed by atoms with van der Waals surface area (Å²) < 4.78 is 0.811. The SMILES string of the molecule is CCNCc1nc(-c2ccc(Cl)s2)cs1.Cl. The lowest BCUT2D eigenvalue weighted by molar-refractivity contribution is 0.723. The molecule has 2 rings (SSSR count). The molecule has 0 amide bonds. The van der Waals surface area contributed by atoms with Gasteiger partial charge in [0.1, 0.15) is 5.01 Å². The molecule has 2 aromatic rings. The van der Waals surface area contributed by atoms with Crippen LogP contribution < -0.4 is 5.32 Å². The van der Waals surface area contributed by atoms with Gasteiger partial charge < -0.3 is 5.32 Å². The van der Waals surface area contributed by atoms with Gasteiger partial charge in [0.2, 0.25) is 0 Å². The lowest BCUT2D eigenvalue weighted by atomic mass is 10.4. The van der Waals surface area contributed by atoms with Crippen molar-refractivity contribution >= 4 is 46.7 Å². The number of aromatic nitrogens is 1. The smallest absolute Gasteiger partial charge is 0.107 e. The molecular formula is C10H12Cl2N2S2. The molecule has 0 bridgehead atoms. The first-order valence-electron chi connectivity index (χ1n) is 4.70. The van der Waals surface area contributed by atoms with Crippen LogP contribution in [0.5, 0.6) is 0 Å². The van der Waals surface area contributed by atoms with Crippen molar-refractivity contribution < 1.29 is 0 Å². The lowest BCUT2D eigenvalue weighted by Crippen LogP contribution is -2.11. The third-order valence-corrected chi connectivity index (χ3v) is 4.01. The molecule has 88 valence electrons. The molecule has 1 N–H and O–H groups in total. The highest BCUT2D eigenvalue weighted by atomic mass is 35.5. The van der Waals surface area contributed by atoms with E-state index in [9.17, 15) is 0 Å². The van der Waals surface area contributed by atoms with Crippen LogP contribution in [0.3, 0.4) is 0 Å². The van der Waals surface area contributed by atoms with Gasteiger partial charge in [-0.3, -0.25) is 0 Å². The van der Waals surface area contributed by atoms with Crippen molar-refractivity contribution in [1.29, 1.82) is 0 Å². The first-order valence-corrected chi connectivity index (χ1v) is 6.78. The average Bonchev–Trinajstić information content (AvgIpc) is 2.83. The highest BCUT2D eigenvalue weighted by Gasteiger charge is 2.06. The number of thiazole rings is 1. The summed E-state index contributed by atoms with van der Waals surface area (Å²) in [7, 11) is 0. The first-order chi connectivity index (χ1) is 7.29. The Bertz CT molecular complexity index is 439. The van der Waals surface area contributed by atoms with Crippen LogP contribution in [0.25, 0.3) is 10.6 Å². The minimum absolute atomic E-state index is 0. The monoisotopic (exact) mass is 294 g/mol. The number of rotatable bonds is 4. The second-order valence-electron chi connectivity index (χ2n) is 3.01. The zero-order chi connectivity index (χ0) is 10.7. The molecular weight excluding hydrogens is 283 g/mol. The summed E-state index contributed by atoms with van der Waals surface area (Å²) in [6, 6.07) is 3.92. The Morgan fingerprint density at radius 1 is 1.44 bits per heavy atom. The topological polar surface area (TPSA) is 24.9 Å². The molecule has 0 aliphatic carbocycles. The molecule has 6 heteroatoms. The molecule has 2 nitrogen and oxygen atoms in total. The zero-order valence-corrected chi connectivity index (χ0v) is 11.9. The number of nitrogens with one attached hydrogen (secondary N) is 1. The minimum Gasteiger partial charge on any atom is -0.311 e. The van der Waals surface area contributed by atoms with E-state index in [0.29, 0.717) is 0 Å². The summed E-state index contributed by atoms with van der Waals surface area (Å²) in [6.45, 7) is 3.91. The molecule has 0 aromatic carbocycles. The Kier molecular flexibility index (Phi) is 5.72. The minimum atomic E-state index is 0. The average molecular weight is 295 g/mol. The summed E-state index contributed by atoms with van der Waals surface area (Å²) in [5, 5.41) is 6.46. The first kappa shape index (κ1) is 13.9. The quantitative estimate of drug-likeness (QED) is 0.920. The van der Waals surface area contributed by atoms with Gasteiger partial charge in [0.15, 0.2) is 0 Å². The van der Waals surface area contributed by atoms with E-state index in [1.54, 1.807) is 22.7 Å². The summed E-state index contributed by atoms with van der Waals surface area (Å²) in [5.41, 5.74) is 1.03. The number of thiophene rings is 1. The Morgan fingerprint density at radius 2 is 2.25 bits per heavy atom. The maximum Gasteiger partial charge on any atom is 0.107 e. The molecule has 0 fully saturated rings. The van der Waals surface area contributed by atoms with E-state index in [2.05, 4.69) is 22.6 Å². The highest BCUT2D eigenvalue weighted by molar-refractivity contribution is 7.19. The van der Waals surface area contributed by atoms with Gasteiger partial charge in [-0.2, -0.15) is 0 Å². The van der Waals surface area contributed by atoms with Crippen LogP contribution in [0.2, 0.25) is 4.34 Å². The van der Waals surface area contributed by atoms with Crippen molar-refractivity contribution in [2.75, 3.05) is 6.54 Å². The normalized spacial score (nSPS) is 10.1. The summed E-state index contributed by atoms with van der Waals surface area (Å²) in [6.07, 6.45) is 0. The van der Waals surface area contributed by atoms with Crippen LogP contribution in [-0.2, 0) is 6.54 Å². The van der Waals surface area contributed by atoms with Crippen molar-refractivity contribution in [3.63, 3.8) is 0 Å². The standard InChI is InChI=1S/C10H11ClN2S2.ClH/c1-2-12-5-10-13-7(6-14-10)8-3-4-9(11)15-8;/h3-4,6,12H,2,5H2,1H3;1H. The summed E-state index contributed by atoms with van der Waals surface area (Å²) in [4.78, 5) is 5.68. The van der Waals surface area contributed by atoms with E-state index in [4.69, 9.17) is 11.6 Å². The van der Waals surface area contributed by atoms with Gasteiger partial charge in [-0.15, -0.1) is 35.1 Å². The van der Waals surface area contributed by atoms with Gasteiger partial charge >= 0.3 is 0 Å². The van der Waals surface area contributed by atoms with Gasteiger partial charge in [0, 0.05) is 11.9 Å². The number of halogens is 2. The molecule has 0 spiro atoms. The van der Waals surface area contributed by atoms with Crippen LogP contribution in [0.1, 0.15) is 11.9 Å². The molecule has 0 radical (unpaired) electrons. The van der Waals surface area contributed by atoms with Gasteiger partial charge in [0.25, 0.3) is 0 Å². The van der Waals surface area contributed by atoms with E-state index in [1.165, 1.54) is 0 Å². The van der Waals surface area contributed by atoms with Crippen LogP contribution >= 0.6 is 46.7 Å². The summed E-state index contributed by atoms with van der Waals surface area (Å²) in [5.74, 6) is 0. The lowest BCUT2D eigenvalue weighted by Gasteiger charge is -1.94. The van der Waals surface area contributed by atoms with Crippen LogP contribution in [0.15, 0.2) is 17.5 Å². The van der Waals surface area contributed by atoms with Crippen molar-refractivity contribution in [3.8, 4) is 10.6 Å². The Hall–Kier alpha value is -0.130. The van der Waals surface area contributed by atoms with Gasteiger partial charge in [-0.1, -0.05) is 18.5 Å². The second-order valence-corrected chi connectivity index (χ2v) is 5.67. The van der Waals surface area contributed by atoms with Gasteiger partial charge in [-0.25, -0.2) is 4.98 Å². The van der Waals surface area contributed by atoms with Crippen molar-refractivity contribution in [2.24, 2.45) is 0 Å². The van der Waals surface area contributed by atoms with E-state index in [-0.39, 0.29) is 12.4 Å². The van der Waals surface area contributed by atoms with E-state index in [0.717, 1.165) is 33.0 Å². The third-order valence-electron chi connectivity index (χ3n) is 1.90.